The summed E-state index contributed by atoms with van der Waals surface area (Å²) in [5, 5.41) is 0.475. The van der Waals surface area contributed by atoms with Gasteiger partial charge in [0.15, 0.2) is 0 Å². The van der Waals surface area contributed by atoms with Crippen LogP contribution >= 0.6 is 11.6 Å². The summed E-state index contributed by atoms with van der Waals surface area (Å²) in [6.07, 6.45) is 3.75. The van der Waals surface area contributed by atoms with Crippen molar-refractivity contribution in [1.29, 1.82) is 0 Å². The zero-order chi connectivity index (χ0) is 12.8. The fraction of sp³-hybridized carbons (Fsp3) is 0.0625. The second-order valence-corrected chi connectivity index (χ2v) is 4.40. The molecule has 0 radical (unpaired) electrons. The van der Waals surface area contributed by atoms with E-state index in [-0.39, 0.29) is 0 Å². The number of rotatable bonds is 3. The van der Waals surface area contributed by atoms with Gasteiger partial charge in [-0.25, -0.2) is 4.99 Å². The second kappa shape index (κ2) is 6.18. The van der Waals surface area contributed by atoms with E-state index in [2.05, 4.69) is 4.99 Å². The Morgan fingerprint density at radius 1 is 1.00 bits per heavy atom. The van der Waals surface area contributed by atoms with Crippen molar-refractivity contribution in [2.45, 2.75) is 6.92 Å². The van der Waals surface area contributed by atoms with E-state index in [4.69, 9.17) is 11.6 Å². The van der Waals surface area contributed by atoms with Gasteiger partial charge in [0, 0.05) is 0 Å². The molecule has 1 nitrogen and oxygen atoms in total. The highest BCUT2D eigenvalue weighted by Gasteiger charge is 1.91. The van der Waals surface area contributed by atoms with Crippen LogP contribution in [-0.4, -0.2) is 5.17 Å². The summed E-state index contributed by atoms with van der Waals surface area (Å²) >= 11 is 6.07. The van der Waals surface area contributed by atoms with Gasteiger partial charge in [0.05, 0.1) is 5.69 Å². The van der Waals surface area contributed by atoms with E-state index in [0.717, 1.165) is 11.3 Å². The molecule has 0 fully saturated rings. The van der Waals surface area contributed by atoms with Crippen molar-refractivity contribution in [1.82, 2.24) is 0 Å². The van der Waals surface area contributed by atoms with Crippen molar-refractivity contribution in [2.24, 2.45) is 4.99 Å². The SMILES string of the molecule is Cc1ccc(N=C(Cl)/C=C\c2ccccc2)cc1. The molecule has 0 aliphatic heterocycles. The average molecular weight is 256 g/mol. The molecule has 0 heterocycles. The highest BCUT2D eigenvalue weighted by Crippen LogP contribution is 2.14. The summed E-state index contributed by atoms with van der Waals surface area (Å²) < 4.78 is 0. The lowest BCUT2D eigenvalue weighted by Crippen LogP contribution is -1.79. The lowest BCUT2D eigenvalue weighted by Gasteiger charge is -1.95. The predicted octanol–water partition coefficient (Wildman–Crippen LogP) is 4.98. The largest absolute Gasteiger partial charge is 0.237 e. The summed E-state index contributed by atoms with van der Waals surface area (Å²) in [6.45, 7) is 2.05. The molecular weight excluding hydrogens is 242 g/mol. The van der Waals surface area contributed by atoms with E-state index in [1.807, 2.05) is 67.6 Å². The molecule has 0 N–H and O–H groups in total. The van der Waals surface area contributed by atoms with Crippen molar-refractivity contribution in [3.8, 4) is 0 Å². The van der Waals surface area contributed by atoms with Crippen LogP contribution in [0.3, 0.4) is 0 Å². The van der Waals surface area contributed by atoms with Crippen LogP contribution in [0.15, 0.2) is 65.7 Å². The van der Waals surface area contributed by atoms with Gasteiger partial charge >= 0.3 is 0 Å². The number of aryl methyl sites for hydroxylation is 1. The van der Waals surface area contributed by atoms with E-state index < -0.39 is 0 Å². The standard InChI is InChI=1S/C16H14ClN/c1-13-7-10-15(11-8-13)18-16(17)12-9-14-5-3-2-4-6-14/h2-12H,1H3/b12-9-,18-16?. The first-order valence-electron chi connectivity index (χ1n) is 5.78. The predicted molar refractivity (Wildman–Crippen MR) is 79.6 cm³/mol. The fourth-order valence-corrected chi connectivity index (χ4v) is 1.67. The maximum atomic E-state index is 6.07. The Kier molecular flexibility index (Phi) is 4.32. The number of hydrogen-bond acceptors (Lipinski definition) is 1. The molecule has 0 saturated carbocycles. The molecule has 2 aromatic carbocycles. The Balaban J connectivity index is 2.10. The number of benzene rings is 2. The molecule has 0 atom stereocenters. The zero-order valence-corrected chi connectivity index (χ0v) is 10.9. The van der Waals surface area contributed by atoms with E-state index in [1.54, 1.807) is 6.08 Å². The van der Waals surface area contributed by atoms with Crippen molar-refractivity contribution >= 4 is 28.5 Å². The van der Waals surface area contributed by atoms with Crippen molar-refractivity contribution < 1.29 is 0 Å². The Labute approximate surface area is 112 Å². The van der Waals surface area contributed by atoms with E-state index >= 15 is 0 Å². The molecule has 0 unspecified atom stereocenters. The summed E-state index contributed by atoms with van der Waals surface area (Å²) in [7, 11) is 0. The lowest BCUT2D eigenvalue weighted by atomic mass is 10.2. The molecule has 0 spiro atoms. The third kappa shape index (κ3) is 3.86. The molecule has 0 aromatic heterocycles. The highest BCUT2D eigenvalue weighted by atomic mass is 35.5. The molecule has 2 rings (SSSR count). The molecule has 90 valence electrons. The van der Waals surface area contributed by atoms with Crippen LogP contribution in [-0.2, 0) is 0 Å². The van der Waals surface area contributed by atoms with Crippen LogP contribution in [0.5, 0.6) is 0 Å². The van der Waals surface area contributed by atoms with E-state index in [1.165, 1.54) is 5.56 Å². The van der Waals surface area contributed by atoms with Crippen LogP contribution in [0.1, 0.15) is 11.1 Å². The van der Waals surface area contributed by atoms with Crippen LogP contribution in [0, 0.1) is 6.92 Å². The minimum atomic E-state index is 0.475. The van der Waals surface area contributed by atoms with Gasteiger partial charge in [0.1, 0.15) is 5.17 Å². The fourth-order valence-electron chi connectivity index (χ4n) is 1.51. The zero-order valence-electron chi connectivity index (χ0n) is 10.2. The van der Waals surface area contributed by atoms with Crippen LogP contribution in [0.4, 0.5) is 5.69 Å². The highest BCUT2D eigenvalue weighted by molar-refractivity contribution is 6.69. The average Bonchev–Trinajstić information content (AvgIpc) is 2.40. The van der Waals surface area contributed by atoms with Gasteiger partial charge < -0.3 is 0 Å². The Morgan fingerprint density at radius 2 is 1.67 bits per heavy atom. The molecule has 0 aliphatic carbocycles. The normalized spacial score (nSPS) is 12.0. The Morgan fingerprint density at radius 3 is 2.33 bits per heavy atom. The van der Waals surface area contributed by atoms with Gasteiger partial charge in [-0.3, -0.25) is 0 Å². The molecule has 0 amide bonds. The molecule has 18 heavy (non-hydrogen) atoms. The van der Waals surface area contributed by atoms with Gasteiger partial charge in [-0.2, -0.15) is 0 Å². The van der Waals surface area contributed by atoms with Crippen LogP contribution < -0.4 is 0 Å². The van der Waals surface area contributed by atoms with Crippen molar-refractivity contribution in [3.05, 3.63) is 71.8 Å². The van der Waals surface area contributed by atoms with E-state index in [0.29, 0.717) is 5.17 Å². The Bertz CT molecular complexity index is 553. The second-order valence-electron chi connectivity index (χ2n) is 4.01. The number of hydrogen-bond donors (Lipinski definition) is 0. The number of nitrogens with zero attached hydrogens (tertiary/aromatic N) is 1. The summed E-state index contributed by atoms with van der Waals surface area (Å²) in [4.78, 5) is 4.31. The van der Waals surface area contributed by atoms with Crippen LogP contribution in [0.25, 0.3) is 6.08 Å². The van der Waals surface area contributed by atoms with Crippen molar-refractivity contribution in [3.63, 3.8) is 0 Å². The first-order chi connectivity index (χ1) is 8.74. The summed E-state index contributed by atoms with van der Waals surface area (Å²) in [5.74, 6) is 0. The third-order valence-corrected chi connectivity index (χ3v) is 2.69. The number of allylic oxidation sites excluding steroid dienone is 1. The molecule has 0 saturated heterocycles. The van der Waals surface area contributed by atoms with Gasteiger partial charge in [-0.1, -0.05) is 65.7 Å². The summed E-state index contributed by atoms with van der Waals surface area (Å²) in [5.41, 5.74) is 3.18. The van der Waals surface area contributed by atoms with Gasteiger partial charge in [0.25, 0.3) is 0 Å². The maximum Gasteiger partial charge on any atom is 0.129 e. The topological polar surface area (TPSA) is 12.4 Å². The Hall–Kier alpha value is -1.86. The van der Waals surface area contributed by atoms with Crippen LogP contribution in [0.2, 0.25) is 0 Å². The molecule has 2 aromatic rings. The monoisotopic (exact) mass is 255 g/mol. The first kappa shape index (κ1) is 12.6. The number of aliphatic imine (C=N–C) groups is 1. The molecule has 0 bridgehead atoms. The van der Waals surface area contributed by atoms with Gasteiger partial charge in [-0.05, 0) is 30.7 Å². The van der Waals surface area contributed by atoms with Gasteiger partial charge in [0.2, 0.25) is 0 Å². The number of halogens is 1. The van der Waals surface area contributed by atoms with Crippen molar-refractivity contribution in [2.75, 3.05) is 0 Å². The molecule has 0 aliphatic rings. The molecule has 2 heteroatoms. The van der Waals surface area contributed by atoms with Gasteiger partial charge in [-0.15, -0.1) is 0 Å². The minimum absolute atomic E-state index is 0.475. The summed E-state index contributed by atoms with van der Waals surface area (Å²) in [6, 6.07) is 17.9. The smallest absolute Gasteiger partial charge is 0.129 e. The third-order valence-electron chi connectivity index (χ3n) is 2.48. The first-order valence-corrected chi connectivity index (χ1v) is 6.16. The minimum Gasteiger partial charge on any atom is -0.237 e. The quantitative estimate of drug-likeness (QED) is 0.686. The molecular formula is C16H14ClN. The van der Waals surface area contributed by atoms with E-state index in [9.17, 15) is 0 Å². The maximum absolute atomic E-state index is 6.07. The lowest BCUT2D eigenvalue weighted by molar-refractivity contribution is 1.44.